The molecule has 0 amide bonds. The number of hydrogen-bond donors (Lipinski definition) is 2. The predicted octanol–water partition coefficient (Wildman–Crippen LogP) is 1.34. The van der Waals surface area contributed by atoms with Gasteiger partial charge in [0, 0.05) is 43.3 Å². The SMILES string of the molecule is CC(O)CCNCc1cn(C)nc1-c1ccncc1. The lowest BCUT2D eigenvalue weighted by Crippen LogP contribution is -2.18. The number of nitrogens with zero attached hydrogens (tertiary/aromatic N) is 3. The van der Waals surface area contributed by atoms with E-state index in [1.165, 1.54) is 0 Å². The maximum atomic E-state index is 9.22. The summed E-state index contributed by atoms with van der Waals surface area (Å²) in [5.41, 5.74) is 3.21. The minimum absolute atomic E-state index is 0.263. The second kappa shape index (κ2) is 6.45. The van der Waals surface area contributed by atoms with Crippen LogP contribution in [0.2, 0.25) is 0 Å². The first-order valence-electron chi connectivity index (χ1n) is 6.48. The summed E-state index contributed by atoms with van der Waals surface area (Å²) in [6.45, 7) is 3.34. The number of nitrogens with one attached hydrogen (secondary N) is 1. The molecule has 2 N–H and O–H groups in total. The van der Waals surface area contributed by atoms with Gasteiger partial charge in [0.1, 0.15) is 0 Å². The van der Waals surface area contributed by atoms with Gasteiger partial charge < -0.3 is 10.4 Å². The van der Waals surface area contributed by atoms with Gasteiger partial charge in [0.2, 0.25) is 0 Å². The Morgan fingerprint density at radius 3 is 2.79 bits per heavy atom. The average molecular weight is 260 g/mol. The number of hydrogen-bond acceptors (Lipinski definition) is 4. The molecule has 2 aromatic rings. The molecule has 2 heterocycles. The van der Waals surface area contributed by atoms with Crippen molar-refractivity contribution in [2.75, 3.05) is 6.54 Å². The zero-order valence-electron chi connectivity index (χ0n) is 11.4. The molecule has 102 valence electrons. The zero-order valence-corrected chi connectivity index (χ0v) is 11.4. The van der Waals surface area contributed by atoms with Crippen molar-refractivity contribution in [3.05, 3.63) is 36.3 Å². The van der Waals surface area contributed by atoms with Crippen LogP contribution >= 0.6 is 0 Å². The van der Waals surface area contributed by atoms with Crippen molar-refractivity contribution in [2.45, 2.75) is 26.0 Å². The first-order valence-corrected chi connectivity index (χ1v) is 6.48. The van der Waals surface area contributed by atoms with E-state index in [4.69, 9.17) is 0 Å². The second-order valence-electron chi connectivity index (χ2n) is 4.73. The third kappa shape index (κ3) is 3.87. The highest BCUT2D eigenvalue weighted by Crippen LogP contribution is 2.20. The van der Waals surface area contributed by atoms with E-state index in [9.17, 15) is 5.11 Å². The molecule has 0 aromatic carbocycles. The Kier molecular flexibility index (Phi) is 4.65. The molecule has 0 aliphatic heterocycles. The number of aromatic nitrogens is 3. The van der Waals surface area contributed by atoms with E-state index in [1.807, 2.05) is 30.1 Å². The lowest BCUT2D eigenvalue weighted by molar-refractivity contribution is 0.183. The van der Waals surface area contributed by atoms with E-state index in [0.717, 1.165) is 36.3 Å². The van der Waals surface area contributed by atoms with E-state index < -0.39 is 0 Å². The number of aliphatic hydroxyl groups excluding tert-OH is 1. The Balaban J connectivity index is 2.05. The Bertz CT molecular complexity index is 507. The maximum absolute atomic E-state index is 9.22. The Hall–Kier alpha value is -1.72. The highest BCUT2D eigenvalue weighted by molar-refractivity contribution is 5.61. The van der Waals surface area contributed by atoms with Crippen LogP contribution in [0.3, 0.4) is 0 Å². The summed E-state index contributed by atoms with van der Waals surface area (Å²) in [6.07, 6.45) is 6.06. The van der Waals surface area contributed by atoms with E-state index in [2.05, 4.69) is 15.4 Å². The fourth-order valence-corrected chi connectivity index (χ4v) is 1.95. The second-order valence-corrected chi connectivity index (χ2v) is 4.73. The van der Waals surface area contributed by atoms with Crippen molar-refractivity contribution < 1.29 is 5.11 Å². The van der Waals surface area contributed by atoms with Crippen molar-refractivity contribution in [1.29, 1.82) is 0 Å². The smallest absolute Gasteiger partial charge is 0.0969 e. The minimum atomic E-state index is -0.263. The van der Waals surface area contributed by atoms with E-state index >= 15 is 0 Å². The van der Waals surface area contributed by atoms with Crippen LogP contribution in [-0.4, -0.2) is 32.5 Å². The van der Waals surface area contributed by atoms with Crippen molar-refractivity contribution in [1.82, 2.24) is 20.1 Å². The van der Waals surface area contributed by atoms with Gasteiger partial charge in [-0.15, -0.1) is 0 Å². The maximum Gasteiger partial charge on any atom is 0.0969 e. The molecule has 0 saturated carbocycles. The molecule has 2 aromatic heterocycles. The molecule has 19 heavy (non-hydrogen) atoms. The Morgan fingerprint density at radius 2 is 2.11 bits per heavy atom. The van der Waals surface area contributed by atoms with Crippen LogP contribution in [0.15, 0.2) is 30.7 Å². The molecule has 0 bridgehead atoms. The highest BCUT2D eigenvalue weighted by atomic mass is 16.3. The molecule has 2 rings (SSSR count). The van der Waals surface area contributed by atoms with Crippen molar-refractivity contribution in [3.8, 4) is 11.3 Å². The molecular weight excluding hydrogens is 240 g/mol. The fourth-order valence-electron chi connectivity index (χ4n) is 1.95. The van der Waals surface area contributed by atoms with Crippen LogP contribution < -0.4 is 5.32 Å². The molecule has 0 aliphatic carbocycles. The van der Waals surface area contributed by atoms with Gasteiger partial charge in [-0.05, 0) is 32.0 Å². The van der Waals surface area contributed by atoms with Crippen LogP contribution in [0.5, 0.6) is 0 Å². The van der Waals surface area contributed by atoms with Crippen LogP contribution in [-0.2, 0) is 13.6 Å². The molecular formula is C14H20N4O. The van der Waals surface area contributed by atoms with Gasteiger partial charge >= 0.3 is 0 Å². The first kappa shape index (κ1) is 13.7. The lowest BCUT2D eigenvalue weighted by Gasteiger charge is -2.06. The molecule has 0 saturated heterocycles. The van der Waals surface area contributed by atoms with Gasteiger partial charge in [0.05, 0.1) is 11.8 Å². The molecule has 0 fully saturated rings. The summed E-state index contributed by atoms with van der Waals surface area (Å²) in [5, 5.41) is 17.0. The van der Waals surface area contributed by atoms with E-state index in [1.54, 1.807) is 19.3 Å². The largest absolute Gasteiger partial charge is 0.393 e. The lowest BCUT2D eigenvalue weighted by atomic mass is 10.1. The third-order valence-electron chi connectivity index (χ3n) is 2.91. The molecule has 1 unspecified atom stereocenters. The number of rotatable bonds is 6. The van der Waals surface area contributed by atoms with Gasteiger partial charge in [-0.1, -0.05) is 0 Å². The summed E-state index contributed by atoms with van der Waals surface area (Å²) in [5.74, 6) is 0. The standard InChI is InChI=1S/C14H20N4O/c1-11(19)3-6-16-9-13-10-18(2)17-14(13)12-4-7-15-8-5-12/h4-5,7-8,10-11,16,19H,3,6,9H2,1-2H3. The monoisotopic (exact) mass is 260 g/mol. The van der Waals surface area contributed by atoms with Gasteiger partial charge in [-0.3, -0.25) is 9.67 Å². The van der Waals surface area contributed by atoms with Crippen molar-refractivity contribution in [2.24, 2.45) is 7.05 Å². The van der Waals surface area contributed by atoms with E-state index in [-0.39, 0.29) is 6.10 Å². The van der Waals surface area contributed by atoms with Crippen molar-refractivity contribution in [3.63, 3.8) is 0 Å². The summed E-state index contributed by atoms with van der Waals surface area (Å²) in [7, 11) is 1.92. The van der Waals surface area contributed by atoms with Crippen LogP contribution in [0, 0.1) is 0 Å². The predicted molar refractivity (Wildman–Crippen MR) is 74.4 cm³/mol. The van der Waals surface area contributed by atoms with Gasteiger partial charge in [0.15, 0.2) is 0 Å². The molecule has 0 radical (unpaired) electrons. The van der Waals surface area contributed by atoms with E-state index in [0.29, 0.717) is 0 Å². The first-order chi connectivity index (χ1) is 9.16. The third-order valence-corrected chi connectivity index (χ3v) is 2.91. The fraction of sp³-hybridized carbons (Fsp3) is 0.429. The van der Waals surface area contributed by atoms with Crippen molar-refractivity contribution >= 4 is 0 Å². The Morgan fingerprint density at radius 1 is 1.37 bits per heavy atom. The summed E-state index contributed by atoms with van der Waals surface area (Å²) >= 11 is 0. The molecule has 5 nitrogen and oxygen atoms in total. The summed E-state index contributed by atoms with van der Waals surface area (Å²) in [6, 6.07) is 3.92. The van der Waals surface area contributed by atoms with Gasteiger partial charge in [-0.2, -0.15) is 5.10 Å². The average Bonchev–Trinajstić information content (AvgIpc) is 2.77. The molecule has 5 heteroatoms. The van der Waals surface area contributed by atoms with Crippen LogP contribution in [0.25, 0.3) is 11.3 Å². The quantitative estimate of drug-likeness (QED) is 0.769. The highest BCUT2D eigenvalue weighted by Gasteiger charge is 2.09. The zero-order chi connectivity index (χ0) is 13.7. The summed E-state index contributed by atoms with van der Waals surface area (Å²) in [4.78, 5) is 4.02. The van der Waals surface area contributed by atoms with Gasteiger partial charge in [-0.25, -0.2) is 0 Å². The number of aliphatic hydroxyl groups is 1. The topological polar surface area (TPSA) is 63.0 Å². The van der Waals surface area contributed by atoms with Crippen LogP contribution in [0.1, 0.15) is 18.9 Å². The normalized spacial score (nSPS) is 12.6. The molecule has 1 atom stereocenters. The number of pyridine rings is 1. The molecule has 0 spiro atoms. The minimum Gasteiger partial charge on any atom is -0.393 e. The van der Waals surface area contributed by atoms with Gasteiger partial charge in [0.25, 0.3) is 0 Å². The Labute approximate surface area is 113 Å². The molecule has 0 aliphatic rings. The van der Waals surface area contributed by atoms with Crippen LogP contribution in [0.4, 0.5) is 0 Å². The number of aryl methyl sites for hydroxylation is 1. The summed E-state index contributed by atoms with van der Waals surface area (Å²) < 4.78 is 1.82.